The van der Waals surface area contributed by atoms with Crippen LogP contribution in [0.15, 0.2) is 0 Å². The summed E-state index contributed by atoms with van der Waals surface area (Å²) in [7, 11) is -5.70. The lowest BCUT2D eigenvalue weighted by molar-refractivity contribution is -0.136. The minimum absolute atomic E-state index is 0.166. The van der Waals surface area contributed by atoms with E-state index in [9.17, 15) is 21.6 Å². The van der Waals surface area contributed by atoms with E-state index in [4.69, 9.17) is 5.11 Å². The predicted octanol–water partition coefficient (Wildman–Crippen LogP) is -1.23. The molecule has 0 aliphatic rings. The first-order chi connectivity index (χ1) is 7.04. The van der Waals surface area contributed by atoms with Crippen molar-refractivity contribution in [3.8, 4) is 0 Å². The first-order valence-electron chi connectivity index (χ1n) is 4.38. The maximum atomic E-state index is 11.4. The van der Waals surface area contributed by atoms with Gasteiger partial charge in [0, 0.05) is 19.8 Å². The average Bonchev–Trinajstić information content (AvgIpc) is 2.09. The smallest absolute Gasteiger partial charge is 0.304 e. The summed E-state index contributed by atoms with van der Waals surface area (Å²) in [4.78, 5) is 10.2. The molecule has 0 aliphatic carbocycles. The van der Waals surface area contributed by atoms with Gasteiger partial charge in [0.2, 0.25) is 10.0 Å². The van der Waals surface area contributed by atoms with Crippen LogP contribution < -0.4 is 0 Å². The lowest BCUT2D eigenvalue weighted by Gasteiger charge is -2.15. The second-order valence-electron chi connectivity index (χ2n) is 3.41. The standard InChI is InChI=1S/C7H15NO6S2/c1-8(4-6-15(2,11)12)16(13,14)5-3-7(9)10/h3-6H2,1-2H3,(H,9,10). The van der Waals surface area contributed by atoms with Crippen LogP contribution in [0.5, 0.6) is 0 Å². The number of rotatable bonds is 7. The van der Waals surface area contributed by atoms with E-state index in [0.717, 1.165) is 10.6 Å². The van der Waals surface area contributed by atoms with E-state index in [0.29, 0.717) is 0 Å². The highest BCUT2D eigenvalue weighted by Crippen LogP contribution is 2.01. The minimum atomic E-state index is -3.69. The predicted molar refractivity (Wildman–Crippen MR) is 58.4 cm³/mol. The molecule has 16 heavy (non-hydrogen) atoms. The second kappa shape index (κ2) is 5.60. The van der Waals surface area contributed by atoms with Gasteiger partial charge in [0.1, 0.15) is 9.84 Å². The van der Waals surface area contributed by atoms with Crippen molar-refractivity contribution >= 4 is 25.8 Å². The summed E-state index contributed by atoms with van der Waals surface area (Å²) >= 11 is 0. The van der Waals surface area contributed by atoms with Crippen LogP contribution in [0.4, 0.5) is 0 Å². The van der Waals surface area contributed by atoms with Crippen LogP contribution in [0.2, 0.25) is 0 Å². The van der Waals surface area contributed by atoms with Crippen LogP contribution in [0.25, 0.3) is 0 Å². The molecule has 0 unspecified atom stereocenters. The zero-order chi connectivity index (χ0) is 13.0. The van der Waals surface area contributed by atoms with Crippen LogP contribution >= 0.6 is 0 Å². The third-order valence-corrected chi connectivity index (χ3v) is 4.60. The van der Waals surface area contributed by atoms with E-state index >= 15 is 0 Å². The van der Waals surface area contributed by atoms with Crippen molar-refractivity contribution < 1.29 is 26.7 Å². The van der Waals surface area contributed by atoms with Gasteiger partial charge in [-0.15, -0.1) is 0 Å². The number of aliphatic carboxylic acids is 1. The molecule has 0 saturated heterocycles. The Labute approximate surface area is 95.0 Å². The Kier molecular flexibility index (Phi) is 5.36. The van der Waals surface area contributed by atoms with Gasteiger partial charge in [0.25, 0.3) is 0 Å². The van der Waals surface area contributed by atoms with Crippen LogP contribution in [0.3, 0.4) is 0 Å². The molecule has 0 fully saturated rings. The fraction of sp³-hybridized carbons (Fsp3) is 0.857. The molecule has 7 nitrogen and oxygen atoms in total. The first kappa shape index (κ1) is 15.3. The molecular formula is C7H15NO6S2. The van der Waals surface area contributed by atoms with Crippen LogP contribution in [0.1, 0.15) is 6.42 Å². The highest BCUT2D eigenvalue weighted by Gasteiger charge is 2.20. The molecule has 0 aromatic carbocycles. The molecular weight excluding hydrogens is 258 g/mol. The van der Waals surface area contributed by atoms with Crippen molar-refractivity contribution in [2.75, 3.05) is 31.4 Å². The summed E-state index contributed by atoms with van der Waals surface area (Å²) in [5, 5.41) is 8.34. The molecule has 0 bridgehead atoms. The van der Waals surface area contributed by atoms with Gasteiger partial charge in [-0.3, -0.25) is 4.79 Å². The molecule has 9 heteroatoms. The molecule has 0 radical (unpaired) electrons. The van der Waals surface area contributed by atoms with E-state index in [-0.39, 0.29) is 12.3 Å². The second-order valence-corrected chi connectivity index (χ2v) is 7.87. The van der Waals surface area contributed by atoms with Crippen molar-refractivity contribution in [2.24, 2.45) is 0 Å². The van der Waals surface area contributed by atoms with Crippen molar-refractivity contribution in [1.29, 1.82) is 0 Å². The van der Waals surface area contributed by atoms with Gasteiger partial charge >= 0.3 is 5.97 Å². The largest absolute Gasteiger partial charge is 0.481 e. The molecule has 0 aliphatic heterocycles. The van der Waals surface area contributed by atoms with Gasteiger partial charge in [0.05, 0.1) is 17.9 Å². The van der Waals surface area contributed by atoms with E-state index in [1.54, 1.807) is 0 Å². The molecule has 0 aromatic rings. The Morgan fingerprint density at radius 1 is 1.19 bits per heavy atom. The quantitative estimate of drug-likeness (QED) is 0.622. The van der Waals surface area contributed by atoms with E-state index < -0.39 is 38.0 Å². The molecule has 0 rings (SSSR count). The van der Waals surface area contributed by atoms with Gasteiger partial charge in [-0.05, 0) is 0 Å². The molecule has 0 saturated carbocycles. The summed E-state index contributed by atoms with van der Waals surface area (Å²) in [6.45, 7) is -0.166. The van der Waals surface area contributed by atoms with Gasteiger partial charge in [-0.25, -0.2) is 21.1 Å². The lowest BCUT2D eigenvalue weighted by atomic mass is 10.5. The fourth-order valence-corrected chi connectivity index (χ4v) is 2.64. The zero-order valence-electron chi connectivity index (χ0n) is 9.08. The Hall–Kier alpha value is -0.670. The molecule has 0 amide bonds. The number of carboxylic acids is 1. The molecule has 1 N–H and O–H groups in total. The maximum Gasteiger partial charge on any atom is 0.304 e. The van der Waals surface area contributed by atoms with E-state index in [1.807, 2.05) is 0 Å². The Morgan fingerprint density at radius 2 is 1.69 bits per heavy atom. The number of nitrogens with zero attached hydrogens (tertiary/aromatic N) is 1. The Morgan fingerprint density at radius 3 is 2.06 bits per heavy atom. The Balaban J connectivity index is 4.36. The number of sulfonamides is 1. The van der Waals surface area contributed by atoms with Crippen LogP contribution in [0, 0.1) is 0 Å². The highest BCUT2D eigenvalue weighted by atomic mass is 32.2. The van der Waals surface area contributed by atoms with Gasteiger partial charge in [-0.1, -0.05) is 0 Å². The third-order valence-electron chi connectivity index (χ3n) is 1.83. The molecule has 0 spiro atoms. The number of carbonyl (C=O) groups is 1. The summed E-state index contributed by atoms with van der Waals surface area (Å²) < 4.78 is 45.3. The van der Waals surface area contributed by atoms with Crippen molar-refractivity contribution in [3.05, 3.63) is 0 Å². The van der Waals surface area contributed by atoms with E-state index in [2.05, 4.69) is 0 Å². The monoisotopic (exact) mass is 273 g/mol. The number of sulfone groups is 1. The van der Waals surface area contributed by atoms with Gasteiger partial charge in [0.15, 0.2) is 0 Å². The number of hydrogen-bond donors (Lipinski definition) is 1. The van der Waals surface area contributed by atoms with E-state index in [1.165, 1.54) is 7.05 Å². The summed E-state index contributed by atoms with van der Waals surface area (Å²) in [6, 6.07) is 0. The van der Waals surface area contributed by atoms with Crippen molar-refractivity contribution in [2.45, 2.75) is 6.42 Å². The first-order valence-corrected chi connectivity index (χ1v) is 8.05. The molecule has 0 atom stereocenters. The maximum absolute atomic E-state index is 11.4. The van der Waals surface area contributed by atoms with Crippen molar-refractivity contribution in [3.63, 3.8) is 0 Å². The number of hydrogen-bond acceptors (Lipinski definition) is 5. The lowest BCUT2D eigenvalue weighted by Crippen LogP contribution is -2.33. The minimum Gasteiger partial charge on any atom is -0.481 e. The van der Waals surface area contributed by atoms with Crippen molar-refractivity contribution in [1.82, 2.24) is 4.31 Å². The topological polar surface area (TPSA) is 109 Å². The van der Waals surface area contributed by atoms with Gasteiger partial charge in [-0.2, -0.15) is 0 Å². The van der Waals surface area contributed by atoms with Crippen LogP contribution in [-0.4, -0.2) is 63.6 Å². The fourth-order valence-electron chi connectivity index (χ4n) is 0.806. The zero-order valence-corrected chi connectivity index (χ0v) is 10.7. The normalized spacial score (nSPS) is 12.9. The summed E-state index contributed by atoms with van der Waals surface area (Å²) in [6.07, 6.45) is 0.510. The molecule has 0 aromatic heterocycles. The van der Waals surface area contributed by atoms with Crippen LogP contribution in [-0.2, 0) is 24.7 Å². The van der Waals surface area contributed by atoms with Gasteiger partial charge < -0.3 is 5.11 Å². The third kappa shape index (κ3) is 6.75. The summed E-state index contributed by atoms with van der Waals surface area (Å²) in [5.41, 5.74) is 0. The Bertz CT molecular complexity index is 437. The molecule has 96 valence electrons. The highest BCUT2D eigenvalue weighted by molar-refractivity contribution is 7.91. The SMILES string of the molecule is CN(CCS(C)(=O)=O)S(=O)(=O)CCC(=O)O. The average molecular weight is 273 g/mol. The summed E-state index contributed by atoms with van der Waals surface area (Å²) in [5.74, 6) is -2.02. The number of carboxylic acid groups (broad SMARTS) is 1. The molecule has 0 heterocycles.